The van der Waals surface area contributed by atoms with Gasteiger partial charge >= 0.3 is 0 Å². The van der Waals surface area contributed by atoms with Crippen LogP contribution in [0.4, 0.5) is 11.4 Å². The first-order valence-corrected chi connectivity index (χ1v) is 11.3. The zero-order valence-electron chi connectivity index (χ0n) is 17.3. The highest BCUT2D eigenvalue weighted by molar-refractivity contribution is 8.00. The molecule has 0 spiro atoms. The molecule has 1 fully saturated rings. The molecule has 1 aliphatic heterocycles. The van der Waals surface area contributed by atoms with Gasteiger partial charge in [-0.25, -0.2) is 0 Å². The topological polar surface area (TPSA) is 36.8 Å². The van der Waals surface area contributed by atoms with Crippen LogP contribution in [0.3, 0.4) is 0 Å². The van der Waals surface area contributed by atoms with Gasteiger partial charge in [0, 0.05) is 4.90 Å². The Hall–Kier alpha value is -2.76. The van der Waals surface area contributed by atoms with Crippen LogP contribution in [-0.4, -0.2) is 39.1 Å². The first kappa shape index (κ1) is 20.5. The van der Waals surface area contributed by atoms with E-state index in [-0.39, 0.29) is 11.2 Å². The Bertz CT molecular complexity index is 956. The molecule has 0 saturated carbocycles. The third-order valence-electron chi connectivity index (χ3n) is 5.46. The largest absolute Gasteiger partial charge is 0.359 e. The van der Waals surface area contributed by atoms with Crippen LogP contribution < -0.4 is 15.1 Å². The first-order valence-electron chi connectivity index (χ1n) is 10.4. The number of hydrogen-bond donors (Lipinski definition) is 2. The first-order chi connectivity index (χ1) is 14.7. The van der Waals surface area contributed by atoms with Gasteiger partial charge in [0.25, 0.3) is 0 Å². The number of nitrogens with zero attached hydrogens (tertiary/aromatic N) is 1. The van der Waals surface area contributed by atoms with E-state index in [2.05, 4.69) is 23.3 Å². The number of likely N-dealkylation sites (N-methyl/N-ethyl adjacent to an activating group) is 1. The van der Waals surface area contributed by atoms with E-state index in [1.807, 2.05) is 78.9 Å². The van der Waals surface area contributed by atoms with Gasteiger partial charge in [-0.15, -0.1) is 11.8 Å². The minimum Gasteiger partial charge on any atom is -0.359 e. The van der Waals surface area contributed by atoms with Crippen molar-refractivity contribution in [1.29, 1.82) is 0 Å². The summed E-state index contributed by atoms with van der Waals surface area (Å²) in [5.41, 5.74) is 3.00. The van der Waals surface area contributed by atoms with Crippen LogP contribution in [0.1, 0.15) is 10.8 Å². The summed E-state index contributed by atoms with van der Waals surface area (Å²) in [4.78, 5) is 18.5. The number of thioether (sulfide) groups is 1. The molecule has 4 rings (SSSR count). The number of carbonyl (C=O) groups is 1. The molecular formula is C25H28N3OS+. The van der Waals surface area contributed by atoms with E-state index in [0.29, 0.717) is 0 Å². The Morgan fingerprint density at radius 3 is 2.20 bits per heavy atom. The molecule has 1 saturated heterocycles. The Morgan fingerprint density at radius 2 is 1.50 bits per heavy atom. The predicted octanol–water partition coefficient (Wildman–Crippen LogP) is 3.49. The molecule has 0 radical (unpaired) electrons. The maximum atomic E-state index is 13.4. The van der Waals surface area contributed by atoms with Gasteiger partial charge in [0.15, 0.2) is 0 Å². The fourth-order valence-electron chi connectivity index (χ4n) is 3.72. The average molecular weight is 419 g/mol. The number of carbonyl (C=O) groups excluding carboxylic acids is 1. The molecule has 1 heterocycles. The van der Waals surface area contributed by atoms with Crippen molar-refractivity contribution in [3.8, 4) is 0 Å². The monoisotopic (exact) mass is 418 g/mol. The molecule has 154 valence electrons. The number of hydrogen-bond acceptors (Lipinski definition) is 3. The van der Waals surface area contributed by atoms with Crippen LogP contribution in [0.15, 0.2) is 89.8 Å². The number of para-hydroxylation sites is 2. The van der Waals surface area contributed by atoms with Gasteiger partial charge in [-0.3, -0.25) is 4.79 Å². The summed E-state index contributed by atoms with van der Waals surface area (Å²) < 4.78 is 0. The summed E-state index contributed by atoms with van der Waals surface area (Å²) in [5.74, 6) is 0.00209. The van der Waals surface area contributed by atoms with Crippen LogP contribution in [-0.2, 0) is 4.79 Å². The zero-order chi connectivity index (χ0) is 20.8. The van der Waals surface area contributed by atoms with Crippen molar-refractivity contribution < 1.29 is 9.69 Å². The lowest BCUT2D eigenvalue weighted by atomic mass is 10.1. The standard InChI is InChI=1S/C25H27N3OS/c1-27-16-18-28(19-17-27)23-15-9-8-14-22(23)26-25(29)24(20-10-4-2-5-11-20)30-21-12-6-3-7-13-21/h2-15,24H,16-19H2,1H3,(H,26,29)/p+1/t24-/m0/s1. The summed E-state index contributed by atoms with van der Waals surface area (Å²) in [6, 6.07) is 28.3. The lowest BCUT2D eigenvalue weighted by molar-refractivity contribution is -0.880. The predicted molar refractivity (Wildman–Crippen MR) is 125 cm³/mol. The number of anilines is 2. The maximum absolute atomic E-state index is 13.4. The molecule has 2 N–H and O–H groups in total. The molecule has 1 amide bonds. The maximum Gasteiger partial charge on any atom is 0.242 e. The van der Waals surface area contributed by atoms with E-state index in [1.54, 1.807) is 16.7 Å². The lowest BCUT2D eigenvalue weighted by Gasteiger charge is -2.33. The van der Waals surface area contributed by atoms with Crippen molar-refractivity contribution in [2.24, 2.45) is 0 Å². The van der Waals surface area contributed by atoms with Gasteiger partial charge in [0.1, 0.15) is 5.25 Å². The van der Waals surface area contributed by atoms with Crippen LogP contribution >= 0.6 is 11.8 Å². The average Bonchev–Trinajstić information content (AvgIpc) is 2.80. The normalized spacial score (nSPS) is 15.6. The summed E-state index contributed by atoms with van der Waals surface area (Å²) in [6.45, 7) is 4.22. The second-order valence-electron chi connectivity index (χ2n) is 7.67. The van der Waals surface area contributed by atoms with Crippen molar-refractivity contribution in [2.75, 3.05) is 43.4 Å². The highest BCUT2D eigenvalue weighted by atomic mass is 32.2. The quantitative estimate of drug-likeness (QED) is 0.602. The van der Waals surface area contributed by atoms with Crippen molar-refractivity contribution in [3.63, 3.8) is 0 Å². The fraction of sp³-hybridized carbons (Fsp3) is 0.240. The lowest BCUT2D eigenvalue weighted by Crippen LogP contribution is -3.12. The molecule has 0 aromatic heterocycles. The zero-order valence-corrected chi connectivity index (χ0v) is 18.1. The molecular weight excluding hydrogens is 390 g/mol. The molecule has 4 nitrogen and oxygen atoms in total. The highest BCUT2D eigenvalue weighted by Crippen LogP contribution is 2.37. The van der Waals surface area contributed by atoms with Crippen molar-refractivity contribution in [3.05, 3.63) is 90.5 Å². The second-order valence-corrected chi connectivity index (χ2v) is 8.85. The van der Waals surface area contributed by atoms with Gasteiger partial charge < -0.3 is 15.1 Å². The van der Waals surface area contributed by atoms with Gasteiger partial charge in [0.05, 0.1) is 44.6 Å². The van der Waals surface area contributed by atoms with E-state index < -0.39 is 0 Å². The Morgan fingerprint density at radius 1 is 0.900 bits per heavy atom. The second kappa shape index (κ2) is 9.83. The Balaban J connectivity index is 1.57. The number of piperazine rings is 1. The van der Waals surface area contributed by atoms with Crippen LogP contribution in [0.5, 0.6) is 0 Å². The smallest absolute Gasteiger partial charge is 0.242 e. The minimum absolute atomic E-state index is 0.00209. The number of nitrogens with one attached hydrogen (secondary N) is 2. The SMILES string of the molecule is C[NH+]1CCN(c2ccccc2NC(=O)[C@@H](Sc2ccccc2)c2ccccc2)CC1. The van der Waals surface area contributed by atoms with E-state index >= 15 is 0 Å². The minimum atomic E-state index is -0.321. The van der Waals surface area contributed by atoms with Crippen molar-refractivity contribution in [2.45, 2.75) is 10.1 Å². The third-order valence-corrected chi connectivity index (χ3v) is 6.72. The summed E-state index contributed by atoms with van der Waals surface area (Å²) in [7, 11) is 2.23. The molecule has 0 unspecified atom stereocenters. The number of quaternary nitrogens is 1. The molecule has 3 aromatic rings. The summed E-state index contributed by atoms with van der Waals surface area (Å²) in [6.07, 6.45) is 0. The Kier molecular flexibility index (Phi) is 6.72. The molecule has 5 heteroatoms. The van der Waals surface area contributed by atoms with E-state index in [9.17, 15) is 4.79 Å². The molecule has 1 atom stereocenters. The third kappa shape index (κ3) is 5.04. The molecule has 0 bridgehead atoms. The molecule has 1 aliphatic rings. The van der Waals surface area contributed by atoms with Gasteiger partial charge in [-0.2, -0.15) is 0 Å². The molecule has 30 heavy (non-hydrogen) atoms. The van der Waals surface area contributed by atoms with Crippen molar-refractivity contribution >= 4 is 29.0 Å². The van der Waals surface area contributed by atoms with Gasteiger partial charge in [-0.05, 0) is 29.8 Å². The van der Waals surface area contributed by atoms with Gasteiger partial charge in [-0.1, -0.05) is 60.7 Å². The number of benzene rings is 3. The number of rotatable bonds is 6. The van der Waals surface area contributed by atoms with Crippen LogP contribution in [0.2, 0.25) is 0 Å². The number of amides is 1. The molecule has 0 aliphatic carbocycles. The van der Waals surface area contributed by atoms with Crippen molar-refractivity contribution in [1.82, 2.24) is 0 Å². The van der Waals surface area contributed by atoms with E-state index in [1.165, 1.54) is 0 Å². The van der Waals surface area contributed by atoms with Crippen LogP contribution in [0, 0.1) is 0 Å². The summed E-state index contributed by atoms with van der Waals surface area (Å²) >= 11 is 1.58. The van der Waals surface area contributed by atoms with E-state index in [0.717, 1.165) is 48.0 Å². The van der Waals surface area contributed by atoms with Gasteiger partial charge in [0.2, 0.25) is 5.91 Å². The van der Waals surface area contributed by atoms with E-state index in [4.69, 9.17) is 0 Å². The molecule has 3 aromatic carbocycles. The fourth-order valence-corrected chi connectivity index (χ4v) is 4.76. The van der Waals surface area contributed by atoms with Crippen LogP contribution in [0.25, 0.3) is 0 Å². The summed E-state index contributed by atoms with van der Waals surface area (Å²) in [5, 5.41) is 2.91. The highest BCUT2D eigenvalue weighted by Gasteiger charge is 2.24. The Labute approximate surface area is 182 Å².